The smallest absolute Gasteiger partial charge is 0.326 e. The van der Waals surface area contributed by atoms with Gasteiger partial charge in [0.05, 0.1) is 12.6 Å². The van der Waals surface area contributed by atoms with E-state index in [0.29, 0.717) is 0 Å². The average Bonchev–Trinajstić information content (AvgIpc) is 3.30. The number of nitrogens with one attached hydrogen (secondary N) is 4. The average molecular weight is 547 g/mol. The fraction of sp³-hybridized carbons (Fsp3) is 0.480. The molecule has 3 amide bonds. The van der Waals surface area contributed by atoms with Crippen LogP contribution in [0.1, 0.15) is 32.3 Å². The maximum Gasteiger partial charge on any atom is 0.326 e. The number of benzene rings is 1. The van der Waals surface area contributed by atoms with Crippen molar-refractivity contribution < 1.29 is 29.4 Å². The Morgan fingerprint density at radius 1 is 0.974 bits per heavy atom. The van der Waals surface area contributed by atoms with Gasteiger partial charge in [0.1, 0.15) is 18.1 Å². The third-order valence-electron chi connectivity index (χ3n) is 6.13. The Morgan fingerprint density at radius 2 is 1.59 bits per heavy atom. The molecule has 0 radical (unpaired) electrons. The number of carbonyl (C=O) groups is 4. The van der Waals surface area contributed by atoms with Gasteiger partial charge in [-0.2, -0.15) is 0 Å². The lowest BCUT2D eigenvalue weighted by molar-refractivity contribution is -0.142. The zero-order chi connectivity index (χ0) is 29.1. The number of H-pyrrole nitrogens is 1. The van der Waals surface area contributed by atoms with Gasteiger partial charge in [0, 0.05) is 30.1 Å². The first-order chi connectivity index (χ1) is 18.4. The van der Waals surface area contributed by atoms with Crippen molar-refractivity contribution in [3.63, 3.8) is 0 Å². The Balaban J connectivity index is 2.17. The molecule has 0 saturated heterocycles. The second kappa shape index (κ2) is 14.7. The molecule has 2 aromatic rings. The van der Waals surface area contributed by atoms with E-state index in [4.69, 9.17) is 17.2 Å². The van der Waals surface area contributed by atoms with Crippen molar-refractivity contribution >= 4 is 40.6 Å². The highest BCUT2D eigenvalue weighted by molar-refractivity contribution is 5.95. The number of aliphatic hydroxyl groups excluding tert-OH is 1. The fourth-order valence-electron chi connectivity index (χ4n) is 3.80. The van der Waals surface area contributed by atoms with Crippen LogP contribution in [-0.2, 0) is 25.6 Å². The van der Waals surface area contributed by atoms with Gasteiger partial charge in [-0.25, -0.2) is 4.79 Å². The van der Waals surface area contributed by atoms with Gasteiger partial charge in [-0.3, -0.25) is 19.4 Å². The van der Waals surface area contributed by atoms with E-state index in [1.54, 1.807) is 20.0 Å². The number of nitrogens with two attached hydrogens (primary N) is 3. The Morgan fingerprint density at radius 3 is 2.21 bits per heavy atom. The van der Waals surface area contributed by atoms with Gasteiger partial charge in [0.15, 0.2) is 5.96 Å². The van der Waals surface area contributed by atoms with Gasteiger partial charge in [0.2, 0.25) is 17.7 Å². The van der Waals surface area contributed by atoms with Crippen molar-refractivity contribution in [1.82, 2.24) is 20.9 Å². The number of hydrogen-bond donors (Lipinski definition) is 9. The van der Waals surface area contributed by atoms with E-state index >= 15 is 0 Å². The number of carboxylic acid groups (broad SMARTS) is 1. The van der Waals surface area contributed by atoms with Crippen LogP contribution in [0.2, 0.25) is 0 Å². The van der Waals surface area contributed by atoms with E-state index in [1.807, 2.05) is 24.3 Å². The number of aliphatic carboxylic acids is 1. The molecule has 1 heterocycles. The molecule has 2 rings (SSSR count). The molecule has 4 atom stereocenters. The second-order valence-electron chi connectivity index (χ2n) is 9.49. The molecule has 0 aliphatic rings. The highest BCUT2D eigenvalue weighted by atomic mass is 16.4. The van der Waals surface area contributed by atoms with Crippen LogP contribution in [0.4, 0.5) is 0 Å². The Kier molecular flexibility index (Phi) is 11.7. The highest BCUT2D eigenvalue weighted by Gasteiger charge is 2.31. The first-order valence-corrected chi connectivity index (χ1v) is 12.5. The molecule has 4 unspecified atom stereocenters. The summed E-state index contributed by atoms with van der Waals surface area (Å²) in [6.45, 7) is 2.88. The number of aliphatic imine (C=N–C) groups is 1. The van der Waals surface area contributed by atoms with Crippen molar-refractivity contribution in [1.29, 1.82) is 0 Å². The lowest BCUT2D eigenvalue weighted by Crippen LogP contribution is -2.59. The summed E-state index contributed by atoms with van der Waals surface area (Å²) in [6.07, 6.45) is 2.06. The lowest BCUT2D eigenvalue weighted by Gasteiger charge is -2.25. The summed E-state index contributed by atoms with van der Waals surface area (Å²) >= 11 is 0. The lowest BCUT2D eigenvalue weighted by atomic mass is 10.0. The molecule has 0 saturated carbocycles. The fourth-order valence-corrected chi connectivity index (χ4v) is 3.80. The van der Waals surface area contributed by atoms with E-state index in [0.717, 1.165) is 16.5 Å². The molecular formula is C25H38N8O6. The Hall–Kier alpha value is -4.17. The third kappa shape index (κ3) is 9.26. The van der Waals surface area contributed by atoms with Crippen LogP contribution in [0.5, 0.6) is 0 Å². The van der Waals surface area contributed by atoms with Crippen molar-refractivity contribution in [3.05, 3.63) is 36.0 Å². The second-order valence-corrected chi connectivity index (χ2v) is 9.49. The number of fused-ring (bicyclic) bond motifs is 1. The predicted molar refractivity (Wildman–Crippen MR) is 145 cm³/mol. The normalized spacial score (nSPS) is 14.2. The number of guanidine groups is 1. The Labute approximate surface area is 225 Å². The van der Waals surface area contributed by atoms with Crippen LogP contribution < -0.4 is 33.2 Å². The number of aromatic amines is 1. The van der Waals surface area contributed by atoms with Gasteiger partial charge in [-0.1, -0.05) is 32.0 Å². The van der Waals surface area contributed by atoms with Gasteiger partial charge < -0.3 is 48.3 Å². The SMILES string of the molecule is CC(C)C(N)C(=O)NC(Cc1c[nH]c2ccccc12)C(=O)NC(CO)C(=O)NC(CCCN=C(N)N)C(=O)O. The molecule has 14 heteroatoms. The quantitative estimate of drug-likeness (QED) is 0.0698. The molecule has 14 nitrogen and oxygen atoms in total. The molecule has 214 valence electrons. The monoisotopic (exact) mass is 546 g/mol. The van der Waals surface area contributed by atoms with Gasteiger partial charge in [-0.05, 0) is 30.4 Å². The van der Waals surface area contributed by atoms with E-state index < -0.39 is 54.5 Å². The molecule has 1 aromatic heterocycles. The number of carboxylic acids is 1. The summed E-state index contributed by atoms with van der Waals surface area (Å²) in [5.74, 6) is -3.85. The van der Waals surface area contributed by atoms with E-state index in [9.17, 15) is 29.4 Å². The number of para-hydroxylation sites is 1. The summed E-state index contributed by atoms with van der Waals surface area (Å²) in [6, 6.07) is 2.62. The summed E-state index contributed by atoms with van der Waals surface area (Å²) in [4.78, 5) is 57.3. The van der Waals surface area contributed by atoms with Gasteiger partial charge in [-0.15, -0.1) is 0 Å². The molecule has 0 bridgehead atoms. The van der Waals surface area contributed by atoms with Crippen LogP contribution in [0.25, 0.3) is 10.9 Å². The van der Waals surface area contributed by atoms with E-state index in [2.05, 4.69) is 25.9 Å². The molecule has 0 aliphatic carbocycles. The van der Waals surface area contributed by atoms with E-state index in [1.165, 1.54) is 0 Å². The van der Waals surface area contributed by atoms with Crippen molar-refractivity contribution in [3.8, 4) is 0 Å². The van der Waals surface area contributed by atoms with Crippen molar-refractivity contribution in [2.75, 3.05) is 13.2 Å². The number of aromatic nitrogens is 1. The number of hydrogen-bond acceptors (Lipinski definition) is 7. The van der Waals surface area contributed by atoms with Crippen molar-refractivity contribution in [2.24, 2.45) is 28.1 Å². The number of aliphatic hydroxyl groups is 1. The van der Waals surface area contributed by atoms with Crippen LogP contribution in [0.15, 0.2) is 35.5 Å². The maximum atomic E-state index is 13.3. The largest absolute Gasteiger partial charge is 0.480 e. The van der Waals surface area contributed by atoms with Gasteiger partial charge >= 0.3 is 5.97 Å². The summed E-state index contributed by atoms with van der Waals surface area (Å²) < 4.78 is 0. The molecule has 0 spiro atoms. The predicted octanol–water partition coefficient (Wildman–Crippen LogP) is -1.72. The molecule has 1 aromatic carbocycles. The number of carbonyl (C=O) groups excluding carboxylic acids is 3. The van der Waals surface area contributed by atoms with Crippen LogP contribution in [0.3, 0.4) is 0 Å². The minimum atomic E-state index is -1.47. The zero-order valence-electron chi connectivity index (χ0n) is 22.0. The summed E-state index contributed by atoms with van der Waals surface area (Å²) in [5, 5.41) is 27.5. The van der Waals surface area contributed by atoms with E-state index in [-0.39, 0.29) is 37.7 Å². The summed E-state index contributed by atoms with van der Waals surface area (Å²) in [5.41, 5.74) is 18.0. The molecular weight excluding hydrogens is 508 g/mol. The first-order valence-electron chi connectivity index (χ1n) is 12.5. The first kappa shape index (κ1) is 31.1. The highest BCUT2D eigenvalue weighted by Crippen LogP contribution is 2.19. The minimum Gasteiger partial charge on any atom is -0.480 e. The zero-order valence-corrected chi connectivity index (χ0v) is 22.0. The van der Waals surface area contributed by atoms with Crippen LogP contribution in [-0.4, -0.2) is 82.2 Å². The Bertz CT molecular complexity index is 1180. The molecule has 0 aliphatic heterocycles. The minimum absolute atomic E-state index is 0.0102. The standard InChI is InChI=1S/C25H38N8O6/c1-13(2)20(26)23(37)32-18(10-14-11-30-16-7-4-3-6-15(14)16)21(35)33-19(12-34)22(36)31-17(24(38)39)8-5-9-29-25(27)28/h3-4,6-7,11,13,17-20,30,34H,5,8-10,12,26H2,1-2H3,(H,31,36)(H,32,37)(H,33,35)(H,38,39)(H4,27,28,29). The topological polar surface area (TPSA) is 251 Å². The molecule has 0 fully saturated rings. The number of nitrogens with zero attached hydrogens (tertiary/aromatic N) is 1. The maximum absolute atomic E-state index is 13.3. The van der Waals surface area contributed by atoms with Gasteiger partial charge in [0.25, 0.3) is 0 Å². The van der Waals surface area contributed by atoms with Crippen LogP contribution in [0, 0.1) is 5.92 Å². The molecule has 39 heavy (non-hydrogen) atoms. The number of rotatable bonds is 15. The summed E-state index contributed by atoms with van der Waals surface area (Å²) in [7, 11) is 0. The molecule has 12 N–H and O–H groups in total. The third-order valence-corrected chi connectivity index (χ3v) is 6.13. The van der Waals surface area contributed by atoms with Crippen molar-refractivity contribution in [2.45, 2.75) is 57.3 Å². The number of amides is 3. The van der Waals surface area contributed by atoms with Crippen LogP contribution >= 0.6 is 0 Å².